The molecule has 8 heteroatoms. The molecule has 0 bridgehead atoms. The largest absolute Gasteiger partial charge is 0.346 e. The van der Waals surface area contributed by atoms with Crippen LogP contribution in [0.3, 0.4) is 0 Å². The van der Waals surface area contributed by atoms with Gasteiger partial charge in [0.25, 0.3) is 0 Å². The molecule has 1 aliphatic heterocycles. The number of piperazine rings is 1. The number of rotatable bonds is 5. The number of benzene rings is 2. The van der Waals surface area contributed by atoms with Gasteiger partial charge < -0.3 is 15.5 Å². The van der Waals surface area contributed by atoms with Gasteiger partial charge in [0.1, 0.15) is 5.82 Å². The van der Waals surface area contributed by atoms with Crippen LogP contribution in [0.15, 0.2) is 42.5 Å². The normalized spacial score (nSPS) is 16.1. The molecule has 2 N–H and O–H groups in total. The van der Waals surface area contributed by atoms with Gasteiger partial charge in [-0.2, -0.15) is 0 Å². The van der Waals surface area contributed by atoms with Gasteiger partial charge in [0.2, 0.25) is 0 Å². The van der Waals surface area contributed by atoms with Crippen molar-refractivity contribution < 1.29 is 14.0 Å². The fourth-order valence-electron chi connectivity index (χ4n) is 3.41. The molecule has 0 aromatic heterocycles. The summed E-state index contributed by atoms with van der Waals surface area (Å²) in [6.07, 6.45) is 0. The number of amides is 2. The number of carbonyl (C=O) groups is 2. The third-order valence-corrected chi connectivity index (χ3v) is 5.57. The SMILES string of the molecule is Cc1ccc([C@@H](CNC(=O)C(=O)Nc2ccc(F)c(Cl)c2)N2CCN(C)CC2)cc1. The van der Waals surface area contributed by atoms with Gasteiger partial charge in [0.05, 0.1) is 11.1 Å². The van der Waals surface area contributed by atoms with E-state index < -0.39 is 17.6 Å². The Balaban J connectivity index is 1.65. The summed E-state index contributed by atoms with van der Waals surface area (Å²) >= 11 is 5.72. The summed E-state index contributed by atoms with van der Waals surface area (Å²) in [7, 11) is 2.09. The number of carbonyl (C=O) groups excluding carboxylic acids is 2. The number of hydrogen-bond acceptors (Lipinski definition) is 4. The highest BCUT2D eigenvalue weighted by atomic mass is 35.5. The predicted octanol–water partition coefficient (Wildman–Crippen LogP) is 2.83. The second-order valence-corrected chi connectivity index (χ2v) is 7.97. The Morgan fingerprint density at radius 3 is 2.37 bits per heavy atom. The van der Waals surface area contributed by atoms with Gasteiger partial charge in [-0.05, 0) is 37.7 Å². The highest BCUT2D eigenvalue weighted by molar-refractivity contribution is 6.39. The van der Waals surface area contributed by atoms with E-state index in [0.29, 0.717) is 6.54 Å². The van der Waals surface area contributed by atoms with Crippen LogP contribution in [0.5, 0.6) is 0 Å². The average molecular weight is 433 g/mol. The van der Waals surface area contributed by atoms with Crippen molar-refractivity contribution in [3.8, 4) is 0 Å². The van der Waals surface area contributed by atoms with Gasteiger partial charge in [0.15, 0.2) is 0 Å². The number of likely N-dealkylation sites (N-methyl/N-ethyl adjacent to an activating group) is 1. The van der Waals surface area contributed by atoms with E-state index in [9.17, 15) is 14.0 Å². The Kier molecular flexibility index (Phi) is 7.42. The first-order valence-electron chi connectivity index (χ1n) is 9.87. The molecule has 2 aromatic carbocycles. The Bertz CT molecular complexity index is 899. The van der Waals surface area contributed by atoms with Crippen LogP contribution < -0.4 is 10.6 Å². The first-order valence-corrected chi connectivity index (χ1v) is 10.2. The standard InChI is InChI=1S/C22H26ClFN4O2/c1-15-3-5-16(6-4-15)20(28-11-9-27(2)10-12-28)14-25-21(29)22(30)26-17-7-8-19(24)18(23)13-17/h3-8,13,20H,9-12,14H2,1-2H3,(H,25,29)(H,26,30)/t20-/m1/s1. The van der Waals surface area contributed by atoms with Crippen LogP contribution in [0, 0.1) is 12.7 Å². The molecule has 160 valence electrons. The lowest BCUT2D eigenvalue weighted by atomic mass is 10.0. The van der Waals surface area contributed by atoms with Crippen molar-refractivity contribution in [3.63, 3.8) is 0 Å². The number of hydrogen-bond donors (Lipinski definition) is 2. The lowest BCUT2D eigenvalue weighted by Gasteiger charge is -2.38. The van der Waals surface area contributed by atoms with Gasteiger partial charge in [-0.15, -0.1) is 0 Å². The van der Waals surface area contributed by atoms with Crippen LogP contribution in [0.1, 0.15) is 17.2 Å². The van der Waals surface area contributed by atoms with Crippen molar-refractivity contribution in [1.82, 2.24) is 15.1 Å². The highest BCUT2D eigenvalue weighted by Gasteiger charge is 2.25. The van der Waals surface area contributed by atoms with Gasteiger partial charge in [-0.1, -0.05) is 41.4 Å². The molecule has 2 aromatic rings. The van der Waals surface area contributed by atoms with Gasteiger partial charge in [-0.3, -0.25) is 14.5 Å². The lowest BCUT2D eigenvalue weighted by Crippen LogP contribution is -2.49. The molecule has 1 fully saturated rings. The maximum absolute atomic E-state index is 13.3. The van der Waals surface area contributed by atoms with E-state index in [1.54, 1.807) is 0 Å². The second kappa shape index (κ2) is 10.0. The maximum atomic E-state index is 13.3. The second-order valence-electron chi connectivity index (χ2n) is 7.56. The third-order valence-electron chi connectivity index (χ3n) is 5.28. The van der Waals surface area contributed by atoms with Crippen molar-refractivity contribution >= 4 is 29.1 Å². The number of aryl methyl sites for hydroxylation is 1. The van der Waals surface area contributed by atoms with E-state index in [-0.39, 0.29) is 16.8 Å². The quantitative estimate of drug-likeness (QED) is 0.713. The van der Waals surface area contributed by atoms with E-state index in [4.69, 9.17) is 11.6 Å². The zero-order chi connectivity index (χ0) is 21.7. The smallest absolute Gasteiger partial charge is 0.313 e. The van der Waals surface area contributed by atoms with Crippen LogP contribution in [0.25, 0.3) is 0 Å². The highest BCUT2D eigenvalue weighted by Crippen LogP contribution is 2.22. The lowest BCUT2D eigenvalue weighted by molar-refractivity contribution is -0.136. The first kappa shape index (κ1) is 22.2. The van der Waals surface area contributed by atoms with Crippen molar-refractivity contribution in [3.05, 3.63) is 64.4 Å². The Morgan fingerprint density at radius 1 is 1.07 bits per heavy atom. The van der Waals surface area contributed by atoms with Crippen LogP contribution in [0.2, 0.25) is 5.02 Å². The maximum Gasteiger partial charge on any atom is 0.313 e. The molecule has 2 amide bonds. The van der Waals surface area contributed by atoms with E-state index in [2.05, 4.69) is 39.6 Å². The zero-order valence-corrected chi connectivity index (χ0v) is 17.9. The number of anilines is 1. The average Bonchev–Trinajstić information content (AvgIpc) is 2.73. The molecule has 6 nitrogen and oxygen atoms in total. The summed E-state index contributed by atoms with van der Waals surface area (Å²) in [6.45, 7) is 5.99. The summed E-state index contributed by atoms with van der Waals surface area (Å²) in [5, 5.41) is 5.06. The molecule has 30 heavy (non-hydrogen) atoms. The molecule has 0 saturated carbocycles. The van der Waals surface area contributed by atoms with Crippen LogP contribution in [0.4, 0.5) is 10.1 Å². The zero-order valence-electron chi connectivity index (χ0n) is 17.1. The topological polar surface area (TPSA) is 64.7 Å². The predicted molar refractivity (Wildman–Crippen MR) is 116 cm³/mol. The van der Waals surface area contributed by atoms with Crippen molar-refractivity contribution in [2.24, 2.45) is 0 Å². The van der Waals surface area contributed by atoms with Crippen LogP contribution >= 0.6 is 11.6 Å². The molecule has 1 heterocycles. The summed E-state index contributed by atoms with van der Waals surface area (Å²) in [4.78, 5) is 29.2. The van der Waals surface area contributed by atoms with E-state index in [1.807, 2.05) is 19.1 Å². The molecular formula is C22H26ClFN4O2. The van der Waals surface area contributed by atoms with Crippen LogP contribution in [-0.4, -0.2) is 61.4 Å². The van der Waals surface area contributed by atoms with Gasteiger partial charge in [0, 0.05) is 38.4 Å². The fraction of sp³-hybridized carbons (Fsp3) is 0.364. The Hall–Kier alpha value is -2.48. The summed E-state index contributed by atoms with van der Waals surface area (Å²) in [5.74, 6) is -2.16. The molecule has 0 radical (unpaired) electrons. The number of nitrogens with zero attached hydrogens (tertiary/aromatic N) is 2. The molecule has 0 unspecified atom stereocenters. The van der Waals surface area contributed by atoms with Gasteiger partial charge >= 0.3 is 11.8 Å². The van der Waals surface area contributed by atoms with Crippen molar-refractivity contribution in [1.29, 1.82) is 0 Å². The molecule has 1 atom stereocenters. The van der Waals surface area contributed by atoms with Crippen LogP contribution in [-0.2, 0) is 9.59 Å². The molecule has 1 saturated heterocycles. The summed E-state index contributed by atoms with van der Waals surface area (Å²) in [6, 6.07) is 11.9. The van der Waals surface area contributed by atoms with Crippen molar-refractivity contribution in [2.75, 3.05) is 45.1 Å². The molecule has 3 rings (SSSR count). The minimum atomic E-state index is -0.821. The summed E-state index contributed by atoms with van der Waals surface area (Å²) < 4.78 is 13.3. The molecule has 0 aliphatic carbocycles. The van der Waals surface area contributed by atoms with Gasteiger partial charge in [-0.25, -0.2) is 4.39 Å². The Labute approximate surface area is 181 Å². The Morgan fingerprint density at radius 2 is 1.73 bits per heavy atom. The molecule has 0 spiro atoms. The van der Waals surface area contributed by atoms with E-state index in [1.165, 1.54) is 12.1 Å². The number of halogens is 2. The van der Waals surface area contributed by atoms with Crippen molar-refractivity contribution in [2.45, 2.75) is 13.0 Å². The fourth-order valence-corrected chi connectivity index (χ4v) is 3.59. The van der Waals surface area contributed by atoms with E-state index in [0.717, 1.165) is 43.4 Å². The minimum Gasteiger partial charge on any atom is -0.346 e. The third kappa shape index (κ3) is 5.78. The number of nitrogens with one attached hydrogen (secondary N) is 2. The monoisotopic (exact) mass is 432 g/mol. The molecular weight excluding hydrogens is 407 g/mol. The molecule has 1 aliphatic rings. The van der Waals surface area contributed by atoms with E-state index >= 15 is 0 Å². The first-order chi connectivity index (χ1) is 14.3. The minimum absolute atomic E-state index is 0.0312. The summed E-state index contributed by atoms with van der Waals surface area (Å²) in [5.41, 5.74) is 2.52.